The average molecular weight is 211 g/mol. The maximum Gasteiger partial charge on any atom is 0.0586 e. The molecule has 0 aliphatic heterocycles. The number of rotatable bonds is 4. The molecule has 0 heterocycles. The Kier molecular flexibility index (Phi) is 4.45. The first-order valence-electron chi connectivity index (χ1n) is 6.64. The van der Waals surface area contributed by atoms with Crippen LogP contribution in [0.5, 0.6) is 0 Å². The lowest BCUT2D eigenvalue weighted by Crippen LogP contribution is -2.38. The van der Waals surface area contributed by atoms with Crippen molar-refractivity contribution in [2.75, 3.05) is 13.7 Å². The maximum atomic E-state index is 5.45. The summed E-state index contributed by atoms with van der Waals surface area (Å²) in [6.07, 6.45) is 11.5. The molecular formula is C13H25NO. The first-order valence-corrected chi connectivity index (χ1v) is 6.64. The molecule has 0 amide bonds. The van der Waals surface area contributed by atoms with Crippen molar-refractivity contribution in [3.63, 3.8) is 0 Å². The minimum Gasteiger partial charge on any atom is -0.381 e. The van der Waals surface area contributed by atoms with E-state index in [-0.39, 0.29) is 0 Å². The van der Waals surface area contributed by atoms with E-state index in [0.717, 1.165) is 12.0 Å². The zero-order chi connectivity index (χ0) is 10.5. The van der Waals surface area contributed by atoms with Crippen LogP contribution >= 0.6 is 0 Å². The fourth-order valence-corrected chi connectivity index (χ4v) is 3.09. The Balaban J connectivity index is 1.65. The number of hydrogen-bond donors (Lipinski definition) is 1. The Hall–Kier alpha value is -0.0800. The maximum absolute atomic E-state index is 5.45. The summed E-state index contributed by atoms with van der Waals surface area (Å²) < 4.78 is 5.45. The molecule has 2 unspecified atom stereocenters. The summed E-state index contributed by atoms with van der Waals surface area (Å²) in [7, 11) is 1.85. The molecule has 15 heavy (non-hydrogen) atoms. The second kappa shape index (κ2) is 5.86. The van der Waals surface area contributed by atoms with Crippen LogP contribution in [0, 0.1) is 5.92 Å². The van der Waals surface area contributed by atoms with Gasteiger partial charge in [-0.3, -0.25) is 0 Å². The van der Waals surface area contributed by atoms with Gasteiger partial charge in [-0.1, -0.05) is 12.8 Å². The molecule has 2 aliphatic carbocycles. The summed E-state index contributed by atoms with van der Waals surface area (Å²) in [5.41, 5.74) is 0. The molecule has 0 spiro atoms. The topological polar surface area (TPSA) is 21.3 Å². The molecular weight excluding hydrogens is 186 g/mol. The molecule has 2 saturated carbocycles. The molecule has 0 radical (unpaired) electrons. The third-order valence-corrected chi connectivity index (χ3v) is 4.13. The number of hydrogen-bond acceptors (Lipinski definition) is 2. The van der Waals surface area contributed by atoms with Crippen molar-refractivity contribution in [3.8, 4) is 0 Å². The summed E-state index contributed by atoms with van der Waals surface area (Å²) in [5, 5.41) is 3.75. The molecule has 0 saturated heterocycles. The van der Waals surface area contributed by atoms with E-state index in [1.807, 2.05) is 7.11 Å². The van der Waals surface area contributed by atoms with Crippen molar-refractivity contribution in [3.05, 3.63) is 0 Å². The van der Waals surface area contributed by atoms with E-state index in [1.54, 1.807) is 0 Å². The Bertz CT molecular complexity index is 177. The van der Waals surface area contributed by atoms with Crippen LogP contribution in [0.1, 0.15) is 51.4 Å². The van der Waals surface area contributed by atoms with Gasteiger partial charge < -0.3 is 10.1 Å². The van der Waals surface area contributed by atoms with Gasteiger partial charge in [0.05, 0.1) is 6.10 Å². The van der Waals surface area contributed by atoms with Crippen LogP contribution in [0.4, 0.5) is 0 Å². The van der Waals surface area contributed by atoms with Crippen molar-refractivity contribution < 1.29 is 4.74 Å². The SMILES string of the molecule is COC1CCCC(NCC2CCCC2)C1. The molecule has 0 aromatic rings. The van der Waals surface area contributed by atoms with Gasteiger partial charge in [0.15, 0.2) is 0 Å². The van der Waals surface area contributed by atoms with E-state index in [2.05, 4.69) is 5.32 Å². The molecule has 0 aromatic carbocycles. The fourth-order valence-electron chi connectivity index (χ4n) is 3.09. The van der Waals surface area contributed by atoms with Crippen molar-refractivity contribution in [1.29, 1.82) is 0 Å². The smallest absolute Gasteiger partial charge is 0.0586 e. The van der Waals surface area contributed by atoms with Gasteiger partial charge in [-0.15, -0.1) is 0 Å². The van der Waals surface area contributed by atoms with Crippen molar-refractivity contribution in [1.82, 2.24) is 5.32 Å². The Morgan fingerprint density at radius 3 is 2.60 bits per heavy atom. The number of methoxy groups -OCH3 is 1. The predicted molar refractivity (Wildman–Crippen MR) is 63.0 cm³/mol. The minimum absolute atomic E-state index is 0.514. The van der Waals surface area contributed by atoms with Crippen LogP contribution < -0.4 is 5.32 Å². The first kappa shape index (κ1) is 11.4. The van der Waals surface area contributed by atoms with Gasteiger partial charge in [0.2, 0.25) is 0 Å². The van der Waals surface area contributed by atoms with Gasteiger partial charge in [-0.2, -0.15) is 0 Å². The first-order chi connectivity index (χ1) is 7.38. The monoisotopic (exact) mass is 211 g/mol. The van der Waals surface area contributed by atoms with Gasteiger partial charge in [-0.05, 0) is 51.0 Å². The highest BCUT2D eigenvalue weighted by molar-refractivity contribution is 4.80. The van der Waals surface area contributed by atoms with E-state index in [4.69, 9.17) is 4.74 Å². The van der Waals surface area contributed by atoms with Gasteiger partial charge in [-0.25, -0.2) is 0 Å². The van der Waals surface area contributed by atoms with Gasteiger partial charge in [0.1, 0.15) is 0 Å². The molecule has 2 fully saturated rings. The third-order valence-electron chi connectivity index (χ3n) is 4.13. The van der Waals surface area contributed by atoms with E-state index in [0.29, 0.717) is 6.10 Å². The predicted octanol–water partition coefficient (Wildman–Crippen LogP) is 2.72. The van der Waals surface area contributed by atoms with Crippen LogP contribution in [0.15, 0.2) is 0 Å². The normalized spacial score (nSPS) is 33.4. The van der Waals surface area contributed by atoms with E-state index >= 15 is 0 Å². The highest BCUT2D eigenvalue weighted by atomic mass is 16.5. The molecule has 2 aliphatic rings. The van der Waals surface area contributed by atoms with Crippen molar-refractivity contribution in [2.24, 2.45) is 5.92 Å². The van der Waals surface area contributed by atoms with Crippen LogP contribution in [-0.4, -0.2) is 25.8 Å². The molecule has 0 bridgehead atoms. The van der Waals surface area contributed by atoms with Crippen LogP contribution in [0.3, 0.4) is 0 Å². The molecule has 2 heteroatoms. The molecule has 2 nitrogen and oxygen atoms in total. The number of nitrogens with one attached hydrogen (secondary N) is 1. The minimum atomic E-state index is 0.514. The number of ether oxygens (including phenoxy) is 1. The quantitative estimate of drug-likeness (QED) is 0.772. The lowest BCUT2D eigenvalue weighted by molar-refractivity contribution is 0.0583. The summed E-state index contributed by atoms with van der Waals surface area (Å²) in [6.45, 7) is 1.25. The summed E-state index contributed by atoms with van der Waals surface area (Å²) in [6, 6.07) is 0.726. The molecule has 88 valence electrons. The summed E-state index contributed by atoms with van der Waals surface area (Å²) in [4.78, 5) is 0. The van der Waals surface area contributed by atoms with Crippen LogP contribution in [0.25, 0.3) is 0 Å². The molecule has 0 aromatic heterocycles. The Labute approximate surface area is 93.8 Å². The second-order valence-electron chi connectivity index (χ2n) is 5.28. The molecule has 1 N–H and O–H groups in total. The Morgan fingerprint density at radius 1 is 1.07 bits per heavy atom. The lowest BCUT2D eigenvalue weighted by Gasteiger charge is -2.29. The van der Waals surface area contributed by atoms with Crippen molar-refractivity contribution in [2.45, 2.75) is 63.5 Å². The molecule has 2 rings (SSSR count). The largest absolute Gasteiger partial charge is 0.381 e. The van der Waals surface area contributed by atoms with Gasteiger partial charge in [0.25, 0.3) is 0 Å². The highest BCUT2D eigenvalue weighted by Crippen LogP contribution is 2.25. The van der Waals surface area contributed by atoms with Gasteiger partial charge in [0, 0.05) is 13.2 Å². The van der Waals surface area contributed by atoms with E-state index in [9.17, 15) is 0 Å². The second-order valence-corrected chi connectivity index (χ2v) is 5.28. The zero-order valence-corrected chi connectivity index (χ0v) is 10.0. The zero-order valence-electron chi connectivity index (χ0n) is 10.0. The van der Waals surface area contributed by atoms with Crippen LogP contribution in [0.2, 0.25) is 0 Å². The Morgan fingerprint density at radius 2 is 1.87 bits per heavy atom. The van der Waals surface area contributed by atoms with Crippen molar-refractivity contribution >= 4 is 0 Å². The third kappa shape index (κ3) is 3.46. The highest BCUT2D eigenvalue weighted by Gasteiger charge is 2.22. The van der Waals surface area contributed by atoms with E-state index in [1.165, 1.54) is 57.9 Å². The fraction of sp³-hybridized carbons (Fsp3) is 1.00. The van der Waals surface area contributed by atoms with E-state index < -0.39 is 0 Å². The summed E-state index contributed by atoms with van der Waals surface area (Å²) >= 11 is 0. The van der Waals surface area contributed by atoms with Crippen LogP contribution in [-0.2, 0) is 4.74 Å². The standard InChI is InChI=1S/C13H25NO/c1-15-13-8-4-7-12(9-13)14-10-11-5-2-3-6-11/h11-14H,2-10H2,1H3. The molecule has 2 atom stereocenters. The average Bonchev–Trinajstić information content (AvgIpc) is 2.79. The lowest BCUT2D eigenvalue weighted by atomic mass is 9.92. The van der Waals surface area contributed by atoms with Gasteiger partial charge >= 0.3 is 0 Å². The summed E-state index contributed by atoms with van der Waals surface area (Å²) in [5.74, 6) is 0.966.